The predicted molar refractivity (Wildman–Crippen MR) is 101 cm³/mol. The molecule has 11 nitrogen and oxygen atoms in total. The maximum Gasteiger partial charge on any atom is 0.329 e. The molecule has 0 aromatic rings. The summed E-state index contributed by atoms with van der Waals surface area (Å²) in [6, 6.07) is 0. The SMILES string of the molecule is CCCCC(C)(CC)C(=O)O.O=C(O)/C=C/CC(=O)O.O=C(O)COCC(=O)O. The van der Waals surface area contributed by atoms with Gasteiger partial charge in [-0.05, 0) is 19.8 Å². The van der Waals surface area contributed by atoms with E-state index < -0.39 is 48.5 Å². The topological polar surface area (TPSA) is 196 Å². The number of rotatable bonds is 12. The van der Waals surface area contributed by atoms with E-state index in [-0.39, 0.29) is 6.42 Å². The first kappa shape index (κ1) is 30.8. The van der Waals surface area contributed by atoms with Gasteiger partial charge in [-0.2, -0.15) is 0 Å². The van der Waals surface area contributed by atoms with E-state index in [2.05, 4.69) is 11.7 Å². The zero-order chi connectivity index (χ0) is 23.5. The van der Waals surface area contributed by atoms with Gasteiger partial charge >= 0.3 is 29.8 Å². The zero-order valence-electron chi connectivity index (χ0n) is 16.8. The molecule has 0 amide bonds. The Hall–Kier alpha value is -2.95. The van der Waals surface area contributed by atoms with E-state index in [1.165, 1.54) is 0 Å². The molecule has 29 heavy (non-hydrogen) atoms. The summed E-state index contributed by atoms with van der Waals surface area (Å²) < 4.78 is 4.16. The van der Waals surface area contributed by atoms with Gasteiger partial charge in [0.2, 0.25) is 0 Å². The number of carbonyl (C=O) groups is 5. The molecular weight excluding hydrogens is 392 g/mol. The Kier molecular flexibility index (Phi) is 19.5. The van der Waals surface area contributed by atoms with E-state index in [1.807, 2.05) is 13.8 Å². The van der Waals surface area contributed by atoms with Gasteiger partial charge in [0.05, 0.1) is 11.8 Å². The molecule has 5 N–H and O–H groups in total. The number of hydrogen-bond donors (Lipinski definition) is 5. The van der Waals surface area contributed by atoms with Gasteiger partial charge in [-0.25, -0.2) is 14.4 Å². The summed E-state index contributed by atoms with van der Waals surface area (Å²) in [7, 11) is 0. The maximum atomic E-state index is 10.8. The van der Waals surface area contributed by atoms with Gasteiger partial charge in [-0.1, -0.05) is 32.8 Å². The third-order valence-corrected chi connectivity index (χ3v) is 3.38. The number of carboxylic acids is 5. The van der Waals surface area contributed by atoms with Gasteiger partial charge < -0.3 is 30.3 Å². The van der Waals surface area contributed by atoms with Crippen molar-refractivity contribution in [2.24, 2.45) is 5.41 Å². The Morgan fingerprint density at radius 3 is 1.62 bits per heavy atom. The lowest BCUT2D eigenvalue weighted by atomic mass is 9.82. The highest BCUT2D eigenvalue weighted by Gasteiger charge is 2.29. The third-order valence-electron chi connectivity index (χ3n) is 3.38. The van der Waals surface area contributed by atoms with E-state index in [0.29, 0.717) is 0 Å². The van der Waals surface area contributed by atoms with Crippen molar-refractivity contribution in [1.82, 2.24) is 0 Å². The standard InChI is InChI=1S/C9H18O2.C5H6O4.C4H6O5/c1-4-6-7-9(3,5-2)8(10)11;6-4(7)2-1-3-5(8)9;5-3(6)1-9-2-4(7)8/h4-7H2,1-3H3,(H,10,11);1-2H,3H2,(H,6,7)(H,8,9);1-2H2,(H,5,6)(H,7,8)/b;2-1+;. The van der Waals surface area contributed by atoms with E-state index in [0.717, 1.165) is 37.8 Å². The molecule has 0 aromatic carbocycles. The van der Waals surface area contributed by atoms with Gasteiger partial charge in [-0.15, -0.1) is 0 Å². The molecule has 0 radical (unpaired) electrons. The Balaban J connectivity index is -0.000000352. The van der Waals surface area contributed by atoms with Crippen molar-refractivity contribution in [1.29, 1.82) is 0 Å². The molecule has 0 saturated carbocycles. The largest absolute Gasteiger partial charge is 0.481 e. The number of carboxylic acid groups (broad SMARTS) is 5. The molecule has 0 aliphatic rings. The van der Waals surface area contributed by atoms with E-state index in [1.54, 1.807) is 0 Å². The first-order valence-electron chi connectivity index (χ1n) is 8.68. The molecule has 0 saturated heterocycles. The maximum absolute atomic E-state index is 10.8. The zero-order valence-corrected chi connectivity index (χ0v) is 16.8. The Labute approximate surface area is 168 Å². The summed E-state index contributed by atoms with van der Waals surface area (Å²) in [6.45, 7) is 4.71. The van der Waals surface area contributed by atoms with E-state index in [9.17, 15) is 24.0 Å². The Bertz CT molecular complexity index is 540. The fraction of sp³-hybridized carbons (Fsp3) is 0.611. The van der Waals surface area contributed by atoms with Crippen molar-refractivity contribution >= 4 is 29.8 Å². The minimum atomic E-state index is -1.17. The minimum Gasteiger partial charge on any atom is -0.481 e. The van der Waals surface area contributed by atoms with Crippen molar-refractivity contribution in [3.63, 3.8) is 0 Å². The normalized spacial score (nSPS) is 11.8. The molecular formula is C18H30O11. The van der Waals surface area contributed by atoms with E-state index >= 15 is 0 Å². The van der Waals surface area contributed by atoms with Crippen LogP contribution in [0.3, 0.4) is 0 Å². The van der Waals surface area contributed by atoms with Crippen LogP contribution in [0.5, 0.6) is 0 Å². The van der Waals surface area contributed by atoms with Gasteiger partial charge in [0.25, 0.3) is 0 Å². The van der Waals surface area contributed by atoms with Crippen molar-refractivity contribution in [2.75, 3.05) is 13.2 Å². The number of unbranched alkanes of at least 4 members (excludes halogenated alkanes) is 1. The number of ether oxygens (including phenoxy) is 1. The van der Waals surface area contributed by atoms with Gasteiger partial charge in [0, 0.05) is 6.08 Å². The summed E-state index contributed by atoms with van der Waals surface area (Å²) in [6.07, 6.45) is 5.24. The van der Waals surface area contributed by atoms with Crippen LogP contribution in [0.1, 0.15) is 52.9 Å². The summed E-state index contributed by atoms with van der Waals surface area (Å²) in [5, 5.41) is 40.6. The van der Waals surface area contributed by atoms with Crippen LogP contribution in [-0.2, 0) is 28.7 Å². The van der Waals surface area contributed by atoms with Crippen LogP contribution in [-0.4, -0.2) is 68.6 Å². The molecule has 0 bridgehead atoms. The monoisotopic (exact) mass is 422 g/mol. The second kappa shape index (κ2) is 18.4. The van der Waals surface area contributed by atoms with Crippen LogP contribution in [0.15, 0.2) is 12.2 Å². The Morgan fingerprint density at radius 2 is 1.34 bits per heavy atom. The van der Waals surface area contributed by atoms with Crippen molar-refractivity contribution in [3.05, 3.63) is 12.2 Å². The molecule has 11 heteroatoms. The van der Waals surface area contributed by atoms with Gasteiger partial charge in [-0.3, -0.25) is 9.59 Å². The lowest BCUT2D eigenvalue weighted by Gasteiger charge is -2.22. The lowest BCUT2D eigenvalue weighted by Crippen LogP contribution is -2.26. The summed E-state index contributed by atoms with van der Waals surface area (Å²) in [4.78, 5) is 49.5. The third kappa shape index (κ3) is 25.1. The van der Waals surface area contributed by atoms with E-state index in [4.69, 9.17) is 25.5 Å². The summed E-state index contributed by atoms with van der Waals surface area (Å²) in [5.74, 6) is -5.16. The van der Waals surface area contributed by atoms with Crippen LogP contribution in [0, 0.1) is 5.41 Å². The fourth-order valence-electron chi connectivity index (χ4n) is 1.49. The lowest BCUT2D eigenvalue weighted by molar-refractivity contribution is -0.149. The molecule has 1 unspecified atom stereocenters. The Morgan fingerprint density at radius 1 is 0.862 bits per heavy atom. The van der Waals surface area contributed by atoms with Gasteiger partial charge in [0.15, 0.2) is 0 Å². The molecule has 0 rings (SSSR count). The number of hydrogen-bond acceptors (Lipinski definition) is 6. The van der Waals surface area contributed by atoms with Gasteiger partial charge in [0.1, 0.15) is 13.2 Å². The average molecular weight is 422 g/mol. The molecule has 168 valence electrons. The first-order valence-corrected chi connectivity index (χ1v) is 8.68. The molecule has 0 aromatic heterocycles. The van der Waals surface area contributed by atoms with Crippen LogP contribution in [0.4, 0.5) is 0 Å². The highest BCUT2D eigenvalue weighted by atomic mass is 16.5. The highest BCUT2D eigenvalue weighted by Crippen LogP contribution is 2.27. The first-order chi connectivity index (χ1) is 13.3. The molecule has 0 aliphatic heterocycles. The quantitative estimate of drug-likeness (QED) is 0.288. The smallest absolute Gasteiger partial charge is 0.329 e. The molecule has 0 heterocycles. The van der Waals surface area contributed by atoms with Crippen LogP contribution < -0.4 is 0 Å². The van der Waals surface area contributed by atoms with Crippen molar-refractivity contribution < 1.29 is 54.2 Å². The van der Waals surface area contributed by atoms with Crippen LogP contribution in [0.2, 0.25) is 0 Å². The minimum absolute atomic E-state index is 0.244. The van der Waals surface area contributed by atoms with Crippen molar-refractivity contribution in [3.8, 4) is 0 Å². The van der Waals surface area contributed by atoms with Crippen LogP contribution in [0.25, 0.3) is 0 Å². The van der Waals surface area contributed by atoms with Crippen LogP contribution >= 0.6 is 0 Å². The molecule has 0 fully saturated rings. The second-order valence-corrected chi connectivity index (χ2v) is 5.94. The molecule has 0 spiro atoms. The van der Waals surface area contributed by atoms with Crippen molar-refractivity contribution in [2.45, 2.75) is 52.9 Å². The second-order valence-electron chi connectivity index (χ2n) is 5.94. The highest BCUT2D eigenvalue weighted by molar-refractivity contribution is 5.81. The molecule has 0 aliphatic carbocycles. The summed E-state index contributed by atoms with van der Waals surface area (Å²) >= 11 is 0. The molecule has 1 atom stereocenters. The average Bonchev–Trinajstić information content (AvgIpc) is 2.59. The fourth-order valence-corrected chi connectivity index (χ4v) is 1.49. The number of aliphatic carboxylic acids is 5. The summed E-state index contributed by atoms with van der Waals surface area (Å²) in [5.41, 5.74) is -0.490. The predicted octanol–water partition coefficient (Wildman–Crippen LogP) is 1.95.